The normalized spacial score (nSPS) is 20.7. The highest BCUT2D eigenvalue weighted by Gasteiger charge is 2.31. The Balaban J connectivity index is 0.00000196. The number of hydrogen-bond donors (Lipinski definition) is 3. The minimum absolute atomic E-state index is 0. The van der Waals surface area contributed by atoms with Gasteiger partial charge in [-0.05, 0) is 18.6 Å². The van der Waals surface area contributed by atoms with Crippen LogP contribution in [0.1, 0.15) is 19.3 Å². The van der Waals surface area contributed by atoms with Gasteiger partial charge in [0.25, 0.3) is 0 Å². The molecule has 0 saturated carbocycles. The number of carboxylic acids is 1. The summed E-state index contributed by atoms with van der Waals surface area (Å²) in [6.07, 6.45) is 1.71. The SMILES string of the molecule is O.O=C(CCS)NN1CCC[C@H]1C(=O)O. The number of hydrogen-bond acceptors (Lipinski definition) is 4. The van der Waals surface area contributed by atoms with Gasteiger partial charge in [-0.1, -0.05) is 0 Å². The molecule has 88 valence electrons. The molecule has 15 heavy (non-hydrogen) atoms. The Morgan fingerprint density at radius 2 is 2.20 bits per heavy atom. The molecule has 1 saturated heterocycles. The van der Waals surface area contributed by atoms with Gasteiger partial charge in [0.05, 0.1) is 0 Å². The Morgan fingerprint density at radius 1 is 1.53 bits per heavy atom. The van der Waals surface area contributed by atoms with Crippen LogP contribution in [-0.4, -0.2) is 45.8 Å². The molecule has 0 bridgehead atoms. The molecule has 1 fully saturated rings. The lowest BCUT2D eigenvalue weighted by molar-refractivity contribution is -0.144. The highest BCUT2D eigenvalue weighted by molar-refractivity contribution is 7.80. The minimum Gasteiger partial charge on any atom is -0.480 e. The molecule has 0 aromatic rings. The van der Waals surface area contributed by atoms with E-state index in [0.717, 1.165) is 6.42 Å². The van der Waals surface area contributed by atoms with E-state index in [0.29, 0.717) is 25.1 Å². The zero-order chi connectivity index (χ0) is 10.6. The fourth-order valence-electron chi connectivity index (χ4n) is 1.47. The lowest BCUT2D eigenvalue weighted by Crippen LogP contribution is -2.48. The Kier molecular flexibility index (Phi) is 6.30. The third-order valence-electron chi connectivity index (χ3n) is 2.15. The van der Waals surface area contributed by atoms with E-state index in [4.69, 9.17) is 5.11 Å². The highest BCUT2D eigenvalue weighted by atomic mass is 32.1. The molecule has 7 heteroatoms. The summed E-state index contributed by atoms with van der Waals surface area (Å²) in [5, 5.41) is 10.3. The molecule has 0 unspecified atom stereocenters. The first-order valence-corrected chi connectivity index (χ1v) is 5.18. The number of carboxylic acid groups (broad SMARTS) is 1. The van der Waals surface area contributed by atoms with Gasteiger partial charge in [0, 0.05) is 13.0 Å². The topological polar surface area (TPSA) is 101 Å². The van der Waals surface area contributed by atoms with Crippen molar-refractivity contribution in [2.24, 2.45) is 0 Å². The highest BCUT2D eigenvalue weighted by Crippen LogP contribution is 2.14. The summed E-state index contributed by atoms with van der Waals surface area (Å²) >= 11 is 3.92. The third-order valence-corrected chi connectivity index (χ3v) is 2.37. The van der Waals surface area contributed by atoms with E-state index in [1.807, 2.05) is 0 Å². The number of carbonyl (C=O) groups is 2. The van der Waals surface area contributed by atoms with Crippen LogP contribution in [-0.2, 0) is 9.59 Å². The first-order chi connectivity index (χ1) is 6.65. The number of amides is 1. The molecular formula is C8H16N2O4S. The number of carbonyl (C=O) groups excluding carboxylic acids is 1. The molecular weight excluding hydrogens is 220 g/mol. The van der Waals surface area contributed by atoms with Crippen LogP contribution in [0.3, 0.4) is 0 Å². The van der Waals surface area contributed by atoms with E-state index in [2.05, 4.69) is 18.1 Å². The Morgan fingerprint density at radius 3 is 2.73 bits per heavy atom. The van der Waals surface area contributed by atoms with Gasteiger partial charge in [0.2, 0.25) is 5.91 Å². The van der Waals surface area contributed by atoms with Crippen molar-refractivity contribution in [2.75, 3.05) is 12.3 Å². The van der Waals surface area contributed by atoms with Crippen molar-refractivity contribution in [1.82, 2.24) is 10.4 Å². The van der Waals surface area contributed by atoms with Gasteiger partial charge in [-0.15, -0.1) is 0 Å². The van der Waals surface area contributed by atoms with Crippen molar-refractivity contribution in [3.05, 3.63) is 0 Å². The van der Waals surface area contributed by atoms with Gasteiger partial charge < -0.3 is 10.6 Å². The summed E-state index contributed by atoms with van der Waals surface area (Å²) in [5.74, 6) is -0.584. The Labute approximate surface area is 93.3 Å². The van der Waals surface area contributed by atoms with Crippen molar-refractivity contribution in [1.29, 1.82) is 0 Å². The molecule has 6 nitrogen and oxygen atoms in total. The van der Waals surface area contributed by atoms with Gasteiger partial charge in [0.15, 0.2) is 0 Å². The molecule has 1 heterocycles. The van der Waals surface area contributed by atoms with E-state index in [1.165, 1.54) is 5.01 Å². The van der Waals surface area contributed by atoms with Gasteiger partial charge in [0.1, 0.15) is 6.04 Å². The average Bonchev–Trinajstić information content (AvgIpc) is 2.52. The van der Waals surface area contributed by atoms with Crippen LogP contribution in [0, 0.1) is 0 Å². The van der Waals surface area contributed by atoms with Crippen LogP contribution in [0.5, 0.6) is 0 Å². The molecule has 1 aliphatic heterocycles. The van der Waals surface area contributed by atoms with Crippen LogP contribution in [0.2, 0.25) is 0 Å². The van der Waals surface area contributed by atoms with Crippen LogP contribution < -0.4 is 5.43 Å². The van der Waals surface area contributed by atoms with E-state index in [9.17, 15) is 9.59 Å². The number of aliphatic carboxylic acids is 1. The maximum Gasteiger partial charge on any atom is 0.322 e. The Bertz CT molecular complexity index is 237. The molecule has 1 aliphatic rings. The number of nitrogens with one attached hydrogen (secondary N) is 1. The van der Waals surface area contributed by atoms with Gasteiger partial charge in [-0.2, -0.15) is 12.6 Å². The molecule has 4 N–H and O–H groups in total. The maximum absolute atomic E-state index is 11.2. The third kappa shape index (κ3) is 4.06. The average molecular weight is 236 g/mol. The molecule has 1 rings (SSSR count). The summed E-state index contributed by atoms with van der Waals surface area (Å²) < 4.78 is 0. The second kappa shape index (κ2) is 6.65. The summed E-state index contributed by atoms with van der Waals surface area (Å²) in [6.45, 7) is 0.606. The summed E-state index contributed by atoms with van der Waals surface area (Å²) in [4.78, 5) is 21.9. The van der Waals surface area contributed by atoms with E-state index >= 15 is 0 Å². The smallest absolute Gasteiger partial charge is 0.322 e. The summed E-state index contributed by atoms with van der Waals surface area (Å²) in [7, 11) is 0. The predicted molar refractivity (Wildman–Crippen MR) is 57.6 cm³/mol. The molecule has 0 radical (unpaired) electrons. The molecule has 0 aliphatic carbocycles. The summed E-state index contributed by atoms with van der Waals surface area (Å²) in [5.41, 5.74) is 2.58. The fourth-order valence-corrected chi connectivity index (χ4v) is 1.68. The van der Waals surface area contributed by atoms with Crippen molar-refractivity contribution in [3.63, 3.8) is 0 Å². The molecule has 1 amide bonds. The lowest BCUT2D eigenvalue weighted by Gasteiger charge is -2.21. The van der Waals surface area contributed by atoms with E-state index in [1.54, 1.807) is 0 Å². The molecule has 1 atom stereocenters. The first-order valence-electron chi connectivity index (χ1n) is 4.55. The molecule has 0 aromatic carbocycles. The maximum atomic E-state index is 11.2. The number of rotatable bonds is 4. The van der Waals surface area contributed by atoms with Gasteiger partial charge in [-0.25, -0.2) is 5.01 Å². The van der Waals surface area contributed by atoms with Crippen molar-refractivity contribution in [2.45, 2.75) is 25.3 Å². The quantitative estimate of drug-likeness (QED) is 0.548. The van der Waals surface area contributed by atoms with E-state index in [-0.39, 0.29) is 11.4 Å². The van der Waals surface area contributed by atoms with E-state index < -0.39 is 12.0 Å². The minimum atomic E-state index is -0.881. The predicted octanol–water partition coefficient (Wildman–Crippen LogP) is -0.938. The van der Waals surface area contributed by atoms with Crippen LogP contribution >= 0.6 is 12.6 Å². The van der Waals surface area contributed by atoms with Crippen LogP contribution in [0.4, 0.5) is 0 Å². The standard InChI is InChI=1S/C8H14N2O3S.H2O/c11-7(3-5-14)9-10-4-1-2-6(10)8(12)13;/h6,14H,1-5H2,(H,9,11)(H,12,13);1H2/t6-;/m0./s1. The summed E-state index contributed by atoms with van der Waals surface area (Å²) in [6, 6.07) is -0.570. The first kappa shape index (κ1) is 14.2. The number of nitrogens with zero attached hydrogens (tertiary/aromatic N) is 1. The second-order valence-electron chi connectivity index (χ2n) is 3.20. The molecule has 0 aromatic heterocycles. The largest absolute Gasteiger partial charge is 0.480 e. The number of thiol groups is 1. The van der Waals surface area contributed by atoms with Crippen molar-refractivity contribution >= 4 is 24.5 Å². The van der Waals surface area contributed by atoms with Crippen molar-refractivity contribution in [3.8, 4) is 0 Å². The molecule has 0 spiro atoms. The lowest BCUT2D eigenvalue weighted by atomic mass is 10.2. The fraction of sp³-hybridized carbons (Fsp3) is 0.750. The monoisotopic (exact) mass is 236 g/mol. The Hall–Kier alpha value is -0.790. The van der Waals surface area contributed by atoms with Crippen molar-refractivity contribution < 1.29 is 20.2 Å². The second-order valence-corrected chi connectivity index (χ2v) is 3.65. The van der Waals surface area contributed by atoms with Crippen LogP contribution in [0.15, 0.2) is 0 Å². The number of hydrazine groups is 1. The van der Waals surface area contributed by atoms with Gasteiger partial charge >= 0.3 is 5.97 Å². The zero-order valence-corrected chi connectivity index (χ0v) is 9.17. The van der Waals surface area contributed by atoms with Gasteiger partial charge in [-0.3, -0.25) is 15.0 Å². The zero-order valence-electron chi connectivity index (χ0n) is 8.27. The van der Waals surface area contributed by atoms with Crippen LogP contribution in [0.25, 0.3) is 0 Å².